The van der Waals surface area contributed by atoms with Gasteiger partial charge in [0.25, 0.3) is 11.4 Å². The van der Waals surface area contributed by atoms with Gasteiger partial charge < -0.3 is 9.84 Å². The summed E-state index contributed by atoms with van der Waals surface area (Å²) in [7, 11) is 0. The molecule has 1 aromatic carbocycles. The molecule has 0 aliphatic heterocycles. The standard InChI is InChI=1S/C20H22N4O3/c1-13-7-5-8-14(11-13)21-16(25)12-24-15(9-6-10-17(24)26)18-22-19(23-27-18)20(2,3)4/h5-11H,12H2,1-4H3,(H,21,25). The molecule has 0 fully saturated rings. The number of amides is 1. The summed E-state index contributed by atoms with van der Waals surface area (Å²) in [6.45, 7) is 7.69. The Balaban J connectivity index is 1.89. The lowest BCUT2D eigenvalue weighted by molar-refractivity contribution is -0.116. The summed E-state index contributed by atoms with van der Waals surface area (Å²) in [5.41, 5.74) is 1.51. The molecule has 27 heavy (non-hydrogen) atoms. The number of pyridine rings is 1. The average molecular weight is 366 g/mol. The molecule has 0 aliphatic carbocycles. The minimum absolute atomic E-state index is 0.157. The maximum absolute atomic E-state index is 12.5. The number of nitrogens with one attached hydrogen (secondary N) is 1. The van der Waals surface area contributed by atoms with Gasteiger partial charge in [-0.15, -0.1) is 0 Å². The summed E-state index contributed by atoms with van der Waals surface area (Å²) >= 11 is 0. The molecule has 2 aromatic heterocycles. The van der Waals surface area contributed by atoms with Crippen molar-refractivity contribution in [3.05, 3.63) is 64.2 Å². The van der Waals surface area contributed by atoms with Crippen LogP contribution >= 0.6 is 0 Å². The highest BCUT2D eigenvalue weighted by molar-refractivity contribution is 5.90. The Kier molecular flexibility index (Phi) is 4.94. The first-order valence-corrected chi connectivity index (χ1v) is 8.65. The molecule has 7 heteroatoms. The van der Waals surface area contributed by atoms with Crippen LogP contribution in [-0.2, 0) is 16.8 Å². The number of carbonyl (C=O) groups is 1. The van der Waals surface area contributed by atoms with Gasteiger partial charge in [-0.3, -0.25) is 14.2 Å². The van der Waals surface area contributed by atoms with E-state index >= 15 is 0 Å². The van der Waals surface area contributed by atoms with Gasteiger partial charge in [0.1, 0.15) is 12.2 Å². The maximum atomic E-state index is 12.5. The predicted octanol–water partition coefficient (Wildman–Crippen LogP) is 3.14. The molecular weight excluding hydrogens is 344 g/mol. The number of nitrogens with zero attached hydrogens (tertiary/aromatic N) is 3. The second-order valence-corrected chi connectivity index (χ2v) is 7.43. The van der Waals surface area contributed by atoms with Crippen LogP contribution in [0.3, 0.4) is 0 Å². The van der Waals surface area contributed by atoms with Gasteiger partial charge in [0.05, 0.1) is 0 Å². The third kappa shape index (κ3) is 4.31. The highest BCUT2D eigenvalue weighted by Crippen LogP contribution is 2.23. The lowest BCUT2D eigenvalue weighted by Crippen LogP contribution is -2.28. The fourth-order valence-corrected chi connectivity index (χ4v) is 2.57. The fraction of sp³-hybridized carbons (Fsp3) is 0.300. The normalized spacial score (nSPS) is 11.4. The van der Waals surface area contributed by atoms with E-state index in [0.717, 1.165) is 5.56 Å². The Morgan fingerprint density at radius 1 is 1.19 bits per heavy atom. The molecule has 0 unspecified atom stereocenters. The topological polar surface area (TPSA) is 90.0 Å². The predicted molar refractivity (Wildman–Crippen MR) is 103 cm³/mol. The van der Waals surface area contributed by atoms with Gasteiger partial charge in [-0.2, -0.15) is 4.98 Å². The second-order valence-electron chi connectivity index (χ2n) is 7.43. The molecule has 0 saturated carbocycles. The molecule has 1 amide bonds. The molecule has 0 bridgehead atoms. The Labute approximate surface area is 157 Å². The molecule has 0 atom stereocenters. The van der Waals surface area contributed by atoms with Crippen LogP contribution in [0.2, 0.25) is 0 Å². The number of aromatic nitrogens is 3. The van der Waals surface area contributed by atoms with Crippen LogP contribution in [0, 0.1) is 6.92 Å². The number of hydrogen-bond acceptors (Lipinski definition) is 5. The van der Waals surface area contributed by atoms with Gasteiger partial charge in [0.15, 0.2) is 5.82 Å². The van der Waals surface area contributed by atoms with E-state index in [1.165, 1.54) is 10.6 Å². The smallest absolute Gasteiger partial charge is 0.274 e. The van der Waals surface area contributed by atoms with E-state index in [9.17, 15) is 9.59 Å². The van der Waals surface area contributed by atoms with Gasteiger partial charge in [-0.1, -0.05) is 44.1 Å². The van der Waals surface area contributed by atoms with Gasteiger partial charge in [0, 0.05) is 17.2 Å². The fourth-order valence-electron chi connectivity index (χ4n) is 2.57. The minimum atomic E-state index is -0.317. The van der Waals surface area contributed by atoms with Gasteiger partial charge in [0.2, 0.25) is 5.91 Å². The minimum Gasteiger partial charge on any atom is -0.332 e. The number of benzene rings is 1. The zero-order valence-electron chi connectivity index (χ0n) is 15.8. The lowest BCUT2D eigenvalue weighted by atomic mass is 9.96. The summed E-state index contributed by atoms with van der Waals surface area (Å²) < 4.78 is 6.66. The van der Waals surface area contributed by atoms with E-state index in [0.29, 0.717) is 17.2 Å². The van der Waals surface area contributed by atoms with Crippen LogP contribution in [0.15, 0.2) is 51.8 Å². The highest BCUT2D eigenvalue weighted by atomic mass is 16.5. The van der Waals surface area contributed by atoms with Crippen LogP contribution in [0.25, 0.3) is 11.6 Å². The first-order valence-electron chi connectivity index (χ1n) is 8.65. The molecular formula is C20H22N4O3. The zero-order chi connectivity index (χ0) is 19.6. The summed E-state index contributed by atoms with van der Waals surface area (Å²) in [5, 5.41) is 6.79. The number of anilines is 1. The summed E-state index contributed by atoms with van der Waals surface area (Å²) in [6, 6.07) is 12.1. The monoisotopic (exact) mass is 366 g/mol. The van der Waals surface area contributed by atoms with Crippen molar-refractivity contribution in [3.8, 4) is 11.6 Å². The van der Waals surface area contributed by atoms with Gasteiger partial charge in [-0.25, -0.2) is 0 Å². The number of aryl methyl sites for hydroxylation is 1. The van der Waals surface area contributed by atoms with Crippen LogP contribution < -0.4 is 10.9 Å². The van der Waals surface area contributed by atoms with Crippen molar-refractivity contribution in [2.75, 3.05) is 5.32 Å². The van der Waals surface area contributed by atoms with Crippen molar-refractivity contribution < 1.29 is 9.32 Å². The summed E-state index contributed by atoms with van der Waals surface area (Å²) in [6.07, 6.45) is 0. The maximum Gasteiger partial charge on any atom is 0.274 e. The SMILES string of the molecule is Cc1cccc(NC(=O)Cn2c(-c3nc(C(C)(C)C)no3)cccc2=O)c1. The zero-order valence-corrected chi connectivity index (χ0v) is 15.8. The molecule has 3 rings (SSSR count). The number of rotatable bonds is 4. The van der Waals surface area contributed by atoms with Crippen molar-refractivity contribution >= 4 is 11.6 Å². The largest absolute Gasteiger partial charge is 0.332 e. The Morgan fingerprint density at radius 3 is 2.59 bits per heavy atom. The number of hydrogen-bond donors (Lipinski definition) is 1. The van der Waals surface area contributed by atoms with Crippen molar-refractivity contribution in [1.29, 1.82) is 0 Å². The first-order chi connectivity index (χ1) is 12.7. The molecule has 0 aliphatic rings. The van der Waals surface area contributed by atoms with Gasteiger partial charge >= 0.3 is 0 Å². The quantitative estimate of drug-likeness (QED) is 0.766. The van der Waals surface area contributed by atoms with E-state index in [4.69, 9.17) is 4.52 Å². The van der Waals surface area contributed by atoms with E-state index in [-0.39, 0.29) is 29.3 Å². The van der Waals surface area contributed by atoms with E-state index in [2.05, 4.69) is 15.5 Å². The Bertz CT molecular complexity index is 1030. The van der Waals surface area contributed by atoms with E-state index in [1.807, 2.05) is 45.9 Å². The molecule has 1 N–H and O–H groups in total. The third-order valence-corrected chi connectivity index (χ3v) is 3.97. The third-order valence-electron chi connectivity index (χ3n) is 3.97. The van der Waals surface area contributed by atoms with Crippen LogP contribution in [0.4, 0.5) is 5.69 Å². The summed E-state index contributed by atoms with van der Waals surface area (Å²) in [5.74, 6) is 0.427. The van der Waals surface area contributed by atoms with Crippen LogP contribution in [0.1, 0.15) is 32.2 Å². The molecule has 2 heterocycles. The first kappa shape index (κ1) is 18.6. The molecule has 140 valence electrons. The Hall–Kier alpha value is -3.22. The van der Waals surface area contributed by atoms with Crippen molar-refractivity contribution in [2.45, 2.75) is 39.7 Å². The van der Waals surface area contributed by atoms with E-state index < -0.39 is 0 Å². The highest BCUT2D eigenvalue weighted by Gasteiger charge is 2.23. The Morgan fingerprint density at radius 2 is 1.93 bits per heavy atom. The summed E-state index contributed by atoms with van der Waals surface area (Å²) in [4.78, 5) is 29.2. The molecule has 0 saturated heterocycles. The van der Waals surface area contributed by atoms with Crippen molar-refractivity contribution in [1.82, 2.24) is 14.7 Å². The van der Waals surface area contributed by atoms with Crippen LogP contribution in [0.5, 0.6) is 0 Å². The molecule has 0 radical (unpaired) electrons. The van der Waals surface area contributed by atoms with E-state index in [1.54, 1.807) is 18.2 Å². The average Bonchev–Trinajstić information content (AvgIpc) is 3.07. The van der Waals surface area contributed by atoms with Crippen molar-refractivity contribution in [3.63, 3.8) is 0 Å². The molecule has 3 aromatic rings. The molecule has 0 spiro atoms. The number of carbonyl (C=O) groups excluding carboxylic acids is 1. The van der Waals surface area contributed by atoms with Crippen LogP contribution in [-0.4, -0.2) is 20.6 Å². The van der Waals surface area contributed by atoms with Gasteiger partial charge in [-0.05, 0) is 30.7 Å². The second kappa shape index (κ2) is 7.19. The molecule has 7 nitrogen and oxygen atoms in total. The lowest BCUT2D eigenvalue weighted by Gasteiger charge is -2.12. The van der Waals surface area contributed by atoms with Crippen molar-refractivity contribution in [2.24, 2.45) is 0 Å².